The van der Waals surface area contributed by atoms with Gasteiger partial charge in [0, 0.05) is 33.0 Å². The lowest BCUT2D eigenvalue weighted by molar-refractivity contribution is -0.578. The molecule has 0 saturated heterocycles. The van der Waals surface area contributed by atoms with Crippen molar-refractivity contribution in [2.75, 3.05) is 0 Å². The highest BCUT2D eigenvalue weighted by Gasteiger charge is 2.11. The summed E-state index contributed by atoms with van der Waals surface area (Å²) in [6.45, 7) is 4.10. The molecule has 0 radical (unpaired) electrons. The largest absolute Gasteiger partial charge is 0.759 e. The molecule has 0 bridgehead atoms. The predicted octanol–water partition coefficient (Wildman–Crippen LogP) is 1.07. The third-order valence-electron chi connectivity index (χ3n) is 3.10. The molecule has 2 aliphatic heterocycles. The van der Waals surface area contributed by atoms with E-state index < -0.39 is 10.4 Å². The van der Waals surface area contributed by atoms with Gasteiger partial charge in [-0.25, -0.2) is 0 Å². The van der Waals surface area contributed by atoms with Crippen molar-refractivity contribution in [2.24, 2.45) is 20.7 Å². The van der Waals surface area contributed by atoms with E-state index in [0.29, 0.717) is 0 Å². The zero-order valence-electron chi connectivity index (χ0n) is 13.4. The van der Waals surface area contributed by atoms with Crippen LogP contribution in [0.1, 0.15) is 11.1 Å². The van der Waals surface area contributed by atoms with Crippen LogP contribution < -0.4 is 10.9 Å². The molecule has 11 heteroatoms. The van der Waals surface area contributed by atoms with E-state index in [4.69, 9.17) is 17.5 Å². The third-order valence-corrected chi connectivity index (χ3v) is 3.10. The maximum absolute atomic E-state index is 8.52. The first-order valence-corrected chi connectivity index (χ1v) is 8.42. The van der Waals surface area contributed by atoms with Crippen LogP contribution in [0.4, 0.5) is 22.7 Å². The van der Waals surface area contributed by atoms with Crippen LogP contribution in [0.15, 0.2) is 57.1 Å². The van der Waals surface area contributed by atoms with Crippen molar-refractivity contribution in [3.8, 4) is 0 Å². The number of aryl methyl sites for hydroxylation is 2. The Kier molecular flexibility index (Phi) is 6.01. The Morgan fingerprint density at radius 2 is 1.16 bits per heavy atom. The van der Waals surface area contributed by atoms with Gasteiger partial charge in [-0.1, -0.05) is 22.4 Å². The molecule has 2 aromatic rings. The Hall–Kier alpha value is -2.57. The molecule has 0 spiro atoms. The average Bonchev–Trinajstić information content (AvgIpc) is 3.13. The number of quaternary nitrogens is 2. The number of nitrogens with two attached hydrogens (primary N) is 2. The van der Waals surface area contributed by atoms with Crippen molar-refractivity contribution in [3.05, 3.63) is 47.5 Å². The topological polar surface area (TPSA) is 163 Å². The number of benzene rings is 2. The first-order valence-electron chi connectivity index (χ1n) is 7.08. The smallest absolute Gasteiger partial charge is 0.185 e. The first-order chi connectivity index (χ1) is 11.7. The highest BCUT2D eigenvalue weighted by Crippen LogP contribution is 2.25. The fraction of sp³-hybridized carbons (Fsp3) is 0.143. The van der Waals surface area contributed by atoms with Crippen molar-refractivity contribution in [3.63, 3.8) is 0 Å². The van der Waals surface area contributed by atoms with Crippen molar-refractivity contribution < 1.29 is 28.4 Å². The fourth-order valence-electron chi connectivity index (χ4n) is 2.01. The second-order valence-electron chi connectivity index (χ2n) is 5.22. The molecule has 4 N–H and O–H groups in total. The molecule has 0 amide bonds. The van der Waals surface area contributed by atoms with Crippen LogP contribution in [0.2, 0.25) is 0 Å². The van der Waals surface area contributed by atoms with Crippen LogP contribution in [0, 0.1) is 13.8 Å². The second-order valence-corrected chi connectivity index (χ2v) is 6.04. The summed E-state index contributed by atoms with van der Waals surface area (Å²) in [6.07, 6.45) is 0. The van der Waals surface area contributed by atoms with Gasteiger partial charge in [-0.3, -0.25) is 8.42 Å². The van der Waals surface area contributed by atoms with E-state index in [1.807, 2.05) is 38.1 Å². The summed E-state index contributed by atoms with van der Waals surface area (Å²) in [5.41, 5.74) is 10.2. The second kappa shape index (κ2) is 8.00. The monoisotopic (exact) mass is 364 g/mol. The predicted molar refractivity (Wildman–Crippen MR) is 85.0 cm³/mol. The Morgan fingerprint density at radius 3 is 1.52 bits per heavy atom. The Morgan fingerprint density at radius 1 is 0.800 bits per heavy atom. The number of nitrogens with zero attached hydrogens (tertiary/aromatic N) is 4. The van der Waals surface area contributed by atoms with Gasteiger partial charge in [-0.05, 0) is 37.1 Å². The van der Waals surface area contributed by atoms with Gasteiger partial charge in [0.15, 0.2) is 22.7 Å². The third kappa shape index (κ3) is 6.45. The van der Waals surface area contributed by atoms with E-state index in [-0.39, 0.29) is 0 Å². The standard InChI is InChI=1S/2C7H7N3.H2O4S/c2*1-5-2-3-6-7(4-5)9-10-8-6;1-5(2,3)4/h2*2-4H,1H3,(H,8,9,10);(H2,1,2,3,4). The summed E-state index contributed by atoms with van der Waals surface area (Å²) in [5, 5.41) is 15.4. The zero-order valence-corrected chi connectivity index (χ0v) is 14.3. The van der Waals surface area contributed by atoms with E-state index in [0.717, 1.165) is 22.7 Å². The van der Waals surface area contributed by atoms with Crippen molar-refractivity contribution in [2.45, 2.75) is 13.8 Å². The van der Waals surface area contributed by atoms with Gasteiger partial charge in [0.05, 0.1) is 0 Å². The Balaban J connectivity index is 0.000000144. The number of hydrogen-bond acceptors (Lipinski definition) is 8. The van der Waals surface area contributed by atoms with E-state index in [1.165, 1.54) is 11.1 Å². The summed E-state index contributed by atoms with van der Waals surface area (Å²) in [4.78, 5) is 0. The molecule has 0 saturated carbocycles. The highest BCUT2D eigenvalue weighted by atomic mass is 32.3. The van der Waals surface area contributed by atoms with Gasteiger partial charge in [0.1, 0.15) is 0 Å². The average molecular weight is 364 g/mol. The number of rotatable bonds is 0. The highest BCUT2D eigenvalue weighted by molar-refractivity contribution is 7.79. The Bertz CT molecular complexity index is 857. The summed E-state index contributed by atoms with van der Waals surface area (Å²) >= 11 is 0. The molecule has 0 fully saturated rings. The Labute approximate surface area is 144 Å². The summed E-state index contributed by atoms with van der Waals surface area (Å²) in [5.74, 6) is 0. The summed E-state index contributed by atoms with van der Waals surface area (Å²) in [7, 11) is -5.17. The molecule has 2 aromatic carbocycles. The molecular formula is C14H16N6O4S. The van der Waals surface area contributed by atoms with Crippen LogP contribution in [0.3, 0.4) is 0 Å². The van der Waals surface area contributed by atoms with E-state index in [1.54, 1.807) is 10.9 Å². The van der Waals surface area contributed by atoms with Gasteiger partial charge in [0.25, 0.3) is 0 Å². The minimum absolute atomic E-state index is 0.986. The van der Waals surface area contributed by atoms with Crippen LogP contribution >= 0.6 is 0 Å². The molecule has 0 unspecified atom stereocenters. The molecule has 2 aliphatic rings. The molecule has 10 nitrogen and oxygen atoms in total. The maximum Gasteiger partial charge on any atom is 0.185 e. The van der Waals surface area contributed by atoms with E-state index >= 15 is 0 Å². The minimum atomic E-state index is -5.17. The van der Waals surface area contributed by atoms with Crippen LogP contribution in [0.5, 0.6) is 0 Å². The van der Waals surface area contributed by atoms with Crippen LogP contribution in [0.25, 0.3) is 0 Å². The quantitative estimate of drug-likeness (QED) is 0.309. The van der Waals surface area contributed by atoms with Crippen LogP contribution in [-0.2, 0) is 10.4 Å². The summed E-state index contributed by atoms with van der Waals surface area (Å²) < 4.78 is 34.1. The molecule has 2 heterocycles. The fourth-order valence-corrected chi connectivity index (χ4v) is 2.01. The van der Waals surface area contributed by atoms with Crippen LogP contribution in [-0.4, -0.2) is 17.5 Å². The summed E-state index contributed by atoms with van der Waals surface area (Å²) in [6, 6.07) is 12.2. The maximum atomic E-state index is 8.52. The molecule has 4 rings (SSSR count). The minimum Gasteiger partial charge on any atom is -0.759 e. The molecule has 132 valence electrons. The van der Waals surface area contributed by atoms with E-state index in [2.05, 4.69) is 32.8 Å². The van der Waals surface area contributed by atoms with Crippen molar-refractivity contribution >= 4 is 33.1 Å². The van der Waals surface area contributed by atoms with Crippen molar-refractivity contribution in [1.29, 1.82) is 0 Å². The molecule has 0 atom stereocenters. The zero-order chi connectivity index (χ0) is 18.4. The van der Waals surface area contributed by atoms with Gasteiger partial charge in [0.2, 0.25) is 0 Å². The molecule has 0 aliphatic carbocycles. The normalized spacial score (nSPS) is 13.3. The lowest BCUT2D eigenvalue weighted by Gasteiger charge is -2.06. The van der Waals surface area contributed by atoms with Gasteiger partial charge in [-0.2, -0.15) is 10.9 Å². The van der Waals surface area contributed by atoms with E-state index in [9.17, 15) is 0 Å². The van der Waals surface area contributed by atoms with Gasteiger partial charge in [-0.15, -0.1) is 0 Å². The number of hydrogen-bond donors (Lipinski definition) is 2. The molecule has 25 heavy (non-hydrogen) atoms. The first kappa shape index (κ1) is 18.8. The molecular weight excluding hydrogens is 348 g/mol. The van der Waals surface area contributed by atoms with Gasteiger partial charge >= 0.3 is 0 Å². The SMILES string of the molecule is Cc1ccc2c(c1)N=N[NH2+]2.Cc1ccc2c(c1)N=N[NH2+]2.O=S(=O)([O-])[O-]. The number of fused-ring (bicyclic) bond motifs is 2. The lowest BCUT2D eigenvalue weighted by Crippen LogP contribution is -2.68. The molecule has 0 aromatic heterocycles. The lowest BCUT2D eigenvalue weighted by atomic mass is 10.2. The van der Waals surface area contributed by atoms with Crippen molar-refractivity contribution in [1.82, 2.24) is 0 Å². The van der Waals surface area contributed by atoms with Gasteiger partial charge < -0.3 is 9.11 Å².